The quantitative estimate of drug-likeness (QED) is 0.742. The highest BCUT2D eigenvalue weighted by Crippen LogP contribution is 2.33. The standard InChI is InChI=1S/C17H27N3O4S/c1-5-8-18-16(21)10-15-7-9-20(11-14(15)6-2)25(22,23)17-12(3)19-24-13(17)4/h5,14-15H,1,6-11H2,2-4H3,(H,18,21)/t14-,15-/m0/s1. The Labute approximate surface area is 149 Å². The SMILES string of the molecule is C=CCNC(=O)C[C@@H]1CCN(S(=O)(=O)c2c(C)noc2C)C[C@@H]1CC. The van der Waals surface area contributed by atoms with Gasteiger partial charge in [0.05, 0.1) is 0 Å². The van der Waals surface area contributed by atoms with E-state index in [-0.39, 0.29) is 22.6 Å². The second-order valence-corrected chi connectivity index (χ2v) is 8.41. The Kier molecular flexibility index (Phi) is 6.40. The van der Waals surface area contributed by atoms with Crippen molar-refractivity contribution in [1.82, 2.24) is 14.8 Å². The van der Waals surface area contributed by atoms with Gasteiger partial charge in [-0.05, 0) is 32.1 Å². The summed E-state index contributed by atoms with van der Waals surface area (Å²) in [6.45, 7) is 10.1. The highest BCUT2D eigenvalue weighted by Gasteiger charge is 2.38. The van der Waals surface area contributed by atoms with Crippen molar-refractivity contribution >= 4 is 15.9 Å². The molecule has 0 radical (unpaired) electrons. The molecule has 0 bridgehead atoms. The lowest BCUT2D eigenvalue weighted by atomic mass is 9.82. The average Bonchev–Trinajstić information content (AvgIpc) is 2.92. The first-order chi connectivity index (χ1) is 11.8. The van der Waals surface area contributed by atoms with Gasteiger partial charge in [0.15, 0.2) is 5.76 Å². The van der Waals surface area contributed by atoms with E-state index >= 15 is 0 Å². The van der Waals surface area contributed by atoms with E-state index in [1.54, 1.807) is 19.9 Å². The van der Waals surface area contributed by atoms with E-state index in [0.29, 0.717) is 43.9 Å². The molecule has 0 spiro atoms. The number of rotatable bonds is 7. The van der Waals surface area contributed by atoms with Crippen molar-refractivity contribution in [3.8, 4) is 0 Å². The Morgan fingerprint density at radius 1 is 1.44 bits per heavy atom. The van der Waals surface area contributed by atoms with Gasteiger partial charge in [-0.2, -0.15) is 4.31 Å². The molecule has 0 aromatic carbocycles. The zero-order valence-corrected chi connectivity index (χ0v) is 15.9. The van der Waals surface area contributed by atoms with Crippen LogP contribution in [-0.2, 0) is 14.8 Å². The van der Waals surface area contributed by atoms with Gasteiger partial charge in [0.2, 0.25) is 15.9 Å². The zero-order valence-electron chi connectivity index (χ0n) is 15.1. The van der Waals surface area contributed by atoms with Crippen molar-refractivity contribution in [2.24, 2.45) is 11.8 Å². The third-order valence-electron chi connectivity index (χ3n) is 4.84. The molecule has 25 heavy (non-hydrogen) atoms. The van der Waals surface area contributed by atoms with Crippen molar-refractivity contribution in [1.29, 1.82) is 0 Å². The molecule has 1 aromatic heterocycles. The Hall–Kier alpha value is -1.67. The predicted octanol–water partition coefficient (Wildman–Crippen LogP) is 2.02. The number of nitrogens with one attached hydrogen (secondary N) is 1. The van der Waals surface area contributed by atoms with E-state index in [9.17, 15) is 13.2 Å². The van der Waals surface area contributed by atoms with Crippen molar-refractivity contribution in [2.75, 3.05) is 19.6 Å². The summed E-state index contributed by atoms with van der Waals surface area (Å²) in [5.41, 5.74) is 0.386. The lowest BCUT2D eigenvalue weighted by Crippen LogP contribution is -2.45. The Morgan fingerprint density at radius 3 is 2.72 bits per heavy atom. The third-order valence-corrected chi connectivity index (χ3v) is 6.95. The van der Waals surface area contributed by atoms with Gasteiger partial charge >= 0.3 is 0 Å². The molecule has 1 aliphatic heterocycles. The van der Waals surface area contributed by atoms with Crippen molar-refractivity contribution in [2.45, 2.75) is 44.9 Å². The lowest BCUT2D eigenvalue weighted by molar-refractivity contribution is -0.122. The third kappa shape index (κ3) is 4.30. The molecule has 1 N–H and O–H groups in total. The molecular weight excluding hydrogens is 342 g/mol. The first-order valence-electron chi connectivity index (χ1n) is 8.61. The van der Waals surface area contributed by atoms with Crippen LogP contribution in [0, 0.1) is 25.7 Å². The molecular formula is C17H27N3O4S. The minimum Gasteiger partial charge on any atom is -0.360 e. The van der Waals surface area contributed by atoms with Crippen LogP contribution in [-0.4, -0.2) is 43.4 Å². The maximum Gasteiger partial charge on any atom is 0.248 e. The molecule has 1 aliphatic rings. The molecule has 1 amide bonds. The molecule has 1 aromatic rings. The maximum absolute atomic E-state index is 13.0. The van der Waals surface area contributed by atoms with Gasteiger partial charge in [-0.25, -0.2) is 8.42 Å². The van der Waals surface area contributed by atoms with Gasteiger partial charge in [0.1, 0.15) is 10.6 Å². The van der Waals surface area contributed by atoms with E-state index in [1.807, 2.05) is 6.92 Å². The molecule has 7 nitrogen and oxygen atoms in total. The summed E-state index contributed by atoms with van der Waals surface area (Å²) in [7, 11) is -3.63. The number of hydrogen-bond acceptors (Lipinski definition) is 5. The molecule has 0 saturated carbocycles. The largest absolute Gasteiger partial charge is 0.360 e. The van der Waals surface area contributed by atoms with Crippen molar-refractivity contribution < 1.29 is 17.7 Å². The summed E-state index contributed by atoms with van der Waals surface area (Å²) in [4.78, 5) is 12.1. The molecule has 1 saturated heterocycles. The van der Waals surface area contributed by atoms with E-state index in [2.05, 4.69) is 17.1 Å². The zero-order chi connectivity index (χ0) is 18.6. The number of amides is 1. The molecule has 0 unspecified atom stereocenters. The number of nitrogens with zero attached hydrogens (tertiary/aromatic N) is 2. The molecule has 0 aliphatic carbocycles. The van der Waals surface area contributed by atoms with Crippen LogP contribution < -0.4 is 5.32 Å². The van der Waals surface area contributed by atoms with E-state index in [0.717, 1.165) is 6.42 Å². The van der Waals surface area contributed by atoms with Crippen LogP contribution >= 0.6 is 0 Å². The summed E-state index contributed by atoms with van der Waals surface area (Å²) in [6.07, 6.45) is 3.56. The Morgan fingerprint density at radius 2 is 2.16 bits per heavy atom. The number of aromatic nitrogens is 1. The van der Waals surface area contributed by atoms with E-state index in [4.69, 9.17) is 4.52 Å². The van der Waals surface area contributed by atoms with Gasteiger partial charge in [-0.1, -0.05) is 24.6 Å². The molecule has 1 fully saturated rings. The van der Waals surface area contributed by atoms with E-state index < -0.39 is 10.0 Å². The fourth-order valence-electron chi connectivity index (χ4n) is 3.47. The molecule has 140 valence electrons. The normalized spacial score (nSPS) is 21.9. The minimum atomic E-state index is -3.63. The number of carbonyl (C=O) groups excluding carboxylic acids is 1. The number of piperidine rings is 1. The smallest absolute Gasteiger partial charge is 0.248 e. The van der Waals surface area contributed by atoms with Crippen LogP contribution in [0.2, 0.25) is 0 Å². The fraction of sp³-hybridized carbons (Fsp3) is 0.647. The number of aryl methyl sites for hydroxylation is 2. The number of sulfonamides is 1. The summed E-state index contributed by atoms with van der Waals surface area (Å²) in [5, 5.41) is 6.55. The Bertz CT molecular complexity index is 707. The van der Waals surface area contributed by atoms with E-state index in [1.165, 1.54) is 4.31 Å². The van der Waals surface area contributed by atoms with Gasteiger partial charge < -0.3 is 9.84 Å². The minimum absolute atomic E-state index is 0.00891. The van der Waals surface area contributed by atoms with Crippen LogP contribution in [0.25, 0.3) is 0 Å². The molecule has 2 atom stereocenters. The first kappa shape index (κ1) is 19.7. The second kappa shape index (κ2) is 8.14. The summed E-state index contributed by atoms with van der Waals surface area (Å²) in [6, 6.07) is 0. The van der Waals surface area contributed by atoms with Gasteiger partial charge in [0.25, 0.3) is 0 Å². The molecule has 8 heteroatoms. The van der Waals surface area contributed by atoms with Crippen LogP contribution in [0.15, 0.2) is 22.1 Å². The predicted molar refractivity (Wildman–Crippen MR) is 94.4 cm³/mol. The van der Waals surface area contributed by atoms with Crippen LogP contribution in [0.3, 0.4) is 0 Å². The summed E-state index contributed by atoms with van der Waals surface area (Å²) >= 11 is 0. The summed E-state index contributed by atoms with van der Waals surface area (Å²) < 4.78 is 32.4. The van der Waals surface area contributed by atoms with Gasteiger partial charge in [0, 0.05) is 26.1 Å². The monoisotopic (exact) mass is 369 g/mol. The van der Waals surface area contributed by atoms with Crippen molar-refractivity contribution in [3.05, 3.63) is 24.1 Å². The highest BCUT2D eigenvalue weighted by atomic mass is 32.2. The highest BCUT2D eigenvalue weighted by molar-refractivity contribution is 7.89. The van der Waals surface area contributed by atoms with Crippen LogP contribution in [0.4, 0.5) is 0 Å². The lowest BCUT2D eigenvalue weighted by Gasteiger charge is -2.37. The first-order valence-corrected chi connectivity index (χ1v) is 10.1. The number of carbonyl (C=O) groups is 1. The van der Waals surface area contributed by atoms with Crippen LogP contribution in [0.5, 0.6) is 0 Å². The molecule has 2 heterocycles. The Balaban J connectivity index is 2.10. The van der Waals surface area contributed by atoms with Gasteiger partial charge in [-0.3, -0.25) is 4.79 Å². The van der Waals surface area contributed by atoms with Gasteiger partial charge in [-0.15, -0.1) is 6.58 Å². The topological polar surface area (TPSA) is 92.5 Å². The summed E-state index contributed by atoms with van der Waals surface area (Å²) in [5.74, 6) is 0.645. The maximum atomic E-state index is 13.0. The molecule has 2 rings (SSSR count). The van der Waals surface area contributed by atoms with Crippen molar-refractivity contribution in [3.63, 3.8) is 0 Å². The second-order valence-electron chi connectivity index (χ2n) is 6.53. The average molecular weight is 369 g/mol. The number of hydrogen-bond donors (Lipinski definition) is 1. The van der Waals surface area contributed by atoms with Crippen LogP contribution in [0.1, 0.15) is 37.6 Å². The fourth-order valence-corrected chi connectivity index (χ4v) is 5.27.